The van der Waals surface area contributed by atoms with Gasteiger partial charge in [0.15, 0.2) is 0 Å². The minimum absolute atomic E-state index is 0.198. The largest absolute Gasteiger partial charge is 0.384 e. The fraction of sp³-hybridized carbons (Fsp3) is 0.333. The second-order valence-corrected chi connectivity index (χ2v) is 5.60. The summed E-state index contributed by atoms with van der Waals surface area (Å²) in [5.74, 6) is -0.198. The van der Waals surface area contributed by atoms with Crippen LogP contribution in [0.2, 0.25) is 0 Å². The van der Waals surface area contributed by atoms with Crippen LogP contribution in [0.4, 0.5) is 10.1 Å². The van der Waals surface area contributed by atoms with Gasteiger partial charge in [-0.3, -0.25) is 0 Å². The molecule has 0 amide bonds. The molecule has 0 aliphatic rings. The van der Waals surface area contributed by atoms with E-state index in [1.54, 1.807) is 17.4 Å². The molecule has 2 nitrogen and oxygen atoms in total. The highest BCUT2D eigenvalue weighted by atomic mass is 32.1. The van der Waals surface area contributed by atoms with Crippen LogP contribution >= 0.6 is 11.3 Å². The Morgan fingerprint density at radius 3 is 2.84 bits per heavy atom. The van der Waals surface area contributed by atoms with Gasteiger partial charge in [0.1, 0.15) is 5.82 Å². The molecule has 0 unspecified atom stereocenters. The van der Waals surface area contributed by atoms with Crippen molar-refractivity contribution in [2.45, 2.75) is 6.42 Å². The molecule has 1 aromatic carbocycles. The number of anilines is 1. The summed E-state index contributed by atoms with van der Waals surface area (Å²) >= 11 is 1.80. The second kappa shape index (κ2) is 7.26. The highest BCUT2D eigenvalue weighted by Gasteiger charge is 2.00. The third kappa shape index (κ3) is 5.01. The summed E-state index contributed by atoms with van der Waals surface area (Å²) in [6.45, 7) is 2.82. The number of thiophene rings is 1. The van der Waals surface area contributed by atoms with Crippen LogP contribution in [-0.4, -0.2) is 31.6 Å². The highest BCUT2D eigenvalue weighted by molar-refractivity contribution is 7.09. The fourth-order valence-corrected chi connectivity index (χ4v) is 2.56. The van der Waals surface area contributed by atoms with Crippen molar-refractivity contribution in [3.63, 3.8) is 0 Å². The van der Waals surface area contributed by atoms with Crippen LogP contribution in [0.5, 0.6) is 0 Å². The Balaban J connectivity index is 1.65. The molecule has 1 heterocycles. The van der Waals surface area contributed by atoms with Gasteiger partial charge in [-0.25, -0.2) is 4.39 Å². The van der Waals surface area contributed by atoms with Gasteiger partial charge in [-0.1, -0.05) is 12.1 Å². The van der Waals surface area contributed by atoms with Crippen LogP contribution in [-0.2, 0) is 6.42 Å². The topological polar surface area (TPSA) is 15.3 Å². The molecule has 0 atom stereocenters. The van der Waals surface area contributed by atoms with E-state index in [0.29, 0.717) is 0 Å². The van der Waals surface area contributed by atoms with Crippen LogP contribution in [0.25, 0.3) is 0 Å². The number of rotatable bonds is 7. The van der Waals surface area contributed by atoms with Crippen molar-refractivity contribution >= 4 is 17.0 Å². The van der Waals surface area contributed by atoms with Crippen molar-refractivity contribution in [2.24, 2.45) is 0 Å². The Kier molecular flexibility index (Phi) is 5.36. The molecule has 4 heteroatoms. The second-order valence-electron chi connectivity index (χ2n) is 4.57. The van der Waals surface area contributed by atoms with Crippen molar-refractivity contribution in [2.75, 3.05) is 32.0 Å². The van der Waals surface area contributed by atoms with Crippen LogP contribution in [0.1, 0.15) is 4.88 Å². The van der Waals surface area contributed by atoms with E-state index in [2.05, 4.69) is 34.8 Å². The normalized spacial score (nSPS) is 10.9. The average Bonchev–Trinajstić information content (AvgIpc) is 2.89. The zero-order valence-electron chi connectivity index (χ0n) is 11.1. The van der Waals surface area contributed by atoms with Gasteiger partial charge in [-0.2, -0.15) is 0 Å². The van der Waals surface area contributed by atoms with Crippen LogP contribution in [0.15, 0.2) is 41.8 Å². The number of likely N-dealkylation sites (N-methyl/N-ethyl adjacent to an activating group) is 1. The first-order valence-corrected chi connectivity index (χ1v) is 7.32. The van der Waals surface area contributed by atoms with Crippen molar-refractivity contribution in [3.8, 4) is 0 Å². The van der Waals surface area contributed by atoms with Crippen LogP contribution in [0.3, 0.4) is 0 Å². The number of hydrogen-bond donors (Lipinski definition) is 1. The number of hydrogen-bond acceptors (Lipinski definition) is 3. The molecule has 0 aliphatic heterocycles. The lowest BCUT2D eigenvalue weighted by atomic mass is 10.3. The Labute approximate surface area is 117 Å². The van der Waals surface area contributed by atoms with Crippen LogP contribution < -0.4 is 5.32 Å². The van der Waals surface area contributed by atoms with Gasteiger partial charge in [0.05, 0.1) is 0 Å². The predicted molar refractivity (Wildman–Crippen MR) is 80.4 cm³/mol. The molecular weight excluding hydrogens is 259 g/mol. The fourth-order valence-electron chi connectivity index (χ4n) is 1.86. The van der Waals surface area contributed by atoms with E-state index in [1.165, 1.54) is 17.0 Å². The van der Waals surface area contributed by atoms with Gasteiger partial charge in [-0.05, 0) is 43.1 Å². The van der Waals surface area contributed by atoms with Gasteiger partial charge in [0.25, 0.3) is 0 Å². The number of nitrogens with one attached hydrogen (secondary N) is 1. The summed E-state index contributed by atoms with van der Waals surface area (Å²) < 4.78 is 13.0. The van der Waals surface area contributed by atoms with E-state index in [0.717, 1.165) is 31.7 Å². The molecule has 0 saturated heterocycles. The Morgan fingerprint density at radius 2 is 2.11 bits per heavy atom. The van der Waals surface area contributed by atoms with Crippen molar-refractivity contribution in [3.05, 3.63) is 52.5 Å². The maximum atomic E-state index is 13.0. The van der Waals surface area contributed by atoms with Gasteiger partial charge >= 0.3 is 0 Å². The monoisotopic (exact) mass is 278 g/mol. The summed E-state index contributed by atoms with van der Waals surface area (Å²) in [6, 6.07) is 10.8. The quantitative estimate of drug-likeness (QED) is 0.834. The third-order valence-electron chi connectivity index (χ3n) is 2.97. The van der Waals surface area contributed by atoms with E-state index >= 15 is 0 Å². The lowest BCUT2D eigenvalue weighted by Gasteiger charge is -2.16. The first-order valence-electron chi connectivity index (χ1n) is 6.44. The first-order chi connectivity index (χ1) is 9.24. The first kappa shape index (κ1) is 14.0. The van der Waals surface area contributed by atoms with Crippen molar-refractivity contribution in [1.29, 1.82) is 0 Å². The van der Waals surface area contributed by atoms with Gasteiger partial charge < -0.3 is 10.2 Å². The molecule has 0 bridgehead atoms. The van der Waals surface area contributed by atoms with Gasteiger partial charge in [-0.15, -0.1) is 11.3 Å². The number of benzene rings is 1. The van der Waals surface area contributed by atoms with E-state index in [4.69, 9.17) is 0 Å². The minimum atomic E-state index is -0.198. The molecule has 2 aromatic rings. The molecule has 0 saturated carbocycles. The minimum Gasteiger partial charge on any atom is -0.384 e. The standard InChI is InChI=1S/C15H19FN2S/c1-18(9-7-15-6-3-11-19-15)10-8-17-14-5-2-4-13(16)12-14/h2-6,11-12,17H,7-10H2,1H3. The van der Waals surface area contributed by atoms with Gasteiger partial charge in [0, 0.05) is 30.2 Å². The lowest BCUT2D eigenvalue weighted by molar-refractivity contribution is 0.352. The molecular formula is C15H19FN2S. The molecule has 1 N–H and O–H groups in total. The van der Waals surface area contributed by atoms with Crippen molar-refractivity contribution in [1.82, 2.24) is 4.90 Å². The molecule has 0 radical (unpaired) electrons. The maximum absolute atomic E-state index is 13.0. The lowest BCUT2D eigenvalue weighted by Crippen LogP contribution is -2.27. The number of halogens is 1. The summed E-state index contributed by atoms with van der Waals surface area (Å²) in [5.41, 5.74) is 0.839. The van der Waals surface area contributed by atoms with E-state index < -0.39 is 0 Å². The molecule has 1 aromatic heterocycles. The van der Waals surface area contributed by atoms with Gasteiger partial charge in [0.2, 0.25) is 0 Å². The summed E-state index contributed by atoms with van der Waals surface area (Å²) in [6.07, 6.45) is 1.09. The average molecular weight is 278 g/mol. The molecule has 0 spiro atoms. The summed E-state index contributed by atoms with van der Waals surface area (Å²) in [7, 11) is 2.11. The number of nitrogens with zero attached hydrogens (tertiary/aromatic N) is 1. The highest BCUT2D eigenvalue weighted by Crippen LogP contribution is 2.10. The Hall–Kier alpha value is -1.39. The molecule has 102 valence electrons. The predicted octanol–water partition coefficient (Wildman–Crippen LogP) is 3.47. The smallest absolute Gasteiger partial charge is 0.125 e. The van der Waals surface area contributed by atoms with E-state index in [9.17, 15) is 4.39 Å². The zero-order valence-corrected chi connectivity index (χ0v) is 11.9. The SMILES string of the molecule is CN(CCNc1cccc(F)c1)CCc1cccs1. The van der Waals surface area contributed by atoms with E-state index in [-0.39, 0.29) is 5.82 Å². The third-order valence-corrected chi connectivity index (χ3v) is 3.90. The molecule has 0 aliphatic carbocycles. The van der Waals surface area contributed by atoms with E-state index in [1.807, 2.05) is 6.07 Å². The van der Waals surface area contributed by atoms with Crippen molar-refractivity contribution < 1.29 is 4.39 Å². The molecule has 2 rings (SSSR count). The molecule has 19 heavy (non-hydrogen) atoms. The molecule has 0 fully saturated rings. The summed E-state index contributed by atoms with van der Waals surface area (Å²) in [4.78, 5) is 3.70. The maximum Gasteiger partial charge on any atom is 0.125 e. The zero-order chi connectivity index (χ0) is 13.5. The summed E-state index contributed by atoms with van der Waals surface area (Å²) in [5, 5.41) is 5.34. The van der Waals surface area contributed by atoms with Crippen LogP contribution in [0, 0.1) is 5.82 Å². The Bertz CT molecular complexity index is 485. The Morgan fingerprint density at radius 1 is 1.21 bits per heavy atom.